The van der Waals surface area contributed by atoms with Crippen LogP contribution in [0, 0.1) is 5.92 Å². The third-order valence-electron chi connectivity index (χ3n) is 6.66. The summed E-state index contributed by atoms with van der Waals surface area (Å²) in [4.78, 5) is 20.4. The molecule has 2 aromatic carbocycles. The van der Waals surface area contributed by atoms with Gasteiger partial charge in [-0.1, -0.05) is 48.5 Å². The highest BCUT2D eigenvalue weighted by molar-refractivity contribution is 5.89. The smallest absolute Gasteiger partial charge is 0.226 e. The van der Waals surface area contributed by atoms with Crippen molar-refractivity contribution in [2.24, 2.45) is 5.92 Å². The predicted octanol–water partition coefficient (Wildman–Crippen LogP) is 4.51. The summed E-state index contributed by atoms with van der Waals surface area (Å²) in [6, 6.07) is 21.3. The van der Waals surface area contributed by atoms with Crippen molar-refractivity contribution in [1.29, 1.82) is 0 Å². The molecule has 5 rings (SSSR count). The van der Waals surface area contributed by atoms with Gasteiger partial charge >= 0.3 is 0 Å². The van der Waals surface area contributed by atoms with Crippen LogP contribution in [0.15, 0.2) is 66.9 Å². The van der Waals surface area contributed by atoms with Gasteiger partial charge in [-0.2, -0.15) is 0 Å². The standard InChI is InChI=1S/C26H29N3O/c30-26(25-17-24(25)23-12-5-8-19-7-1-2-11-22(19)23)29(18-20-9-3-4-15-28-20)21-10-6-14-27-16-13-21/h1-5,7-9,11-12,15,21,24-25,27H,6,10,13-14,16-18H2. The van der Waals surface area contributed by atoms with Gasteiger partial charge in [0.15, 0.2) is 0 Å². The topological polar surface area (TPSA) is 45.2 Å². The predicted molar refractivity (Wildman–Crippen MR) is 120 cm³/mol. The van der Waals surface area contributed by atoms with Gasteiger partial charge in [0.1, 0.15) is 0 Å². The van der Waals surface area contributed by atoms with Gasteiger partial charge < -0.3 is 10.2 Å². The Morgan fingerprint density at radius 2 is 1.87 bits per heavy atom. The lowest BCUT2D eigenvalue weighted by Crippen LogP contribution is -2.41. The number of carbonyl (C=O) groups excluding carboxylic acids is 1. The molecule has 1 aliphatic carbocycles. The third-order valence-corrected chi connectivity index (χ3v) is 6.66. The van der Waals surface area contributed by atoms with Crippen LogP contribution in [0.4, 0.5) is 0 Å². The number of fused-ring (bicyclic) bond motifs is 1. The zero-order chi connectivity index (χ0) is 20.3. The maximum absolute atomic E-state index is 13.7. The largest absolute Gasteiger partial charge is 0.334 e. The van der Waals surface area contributed by atoms with E-state index in [1.54, 1.807) is 0 Å². The molecular weight excluding hydrogens is 370 g/mol. The van der Waals surface area contributed by atoms with Crippen LogP contribution in [0.2, 0.25) is 0 Å². The van der Waals surface area contributed by atoms with Crippen LogP contribution in [0.3, 0.4) is 0 Å². The van der Waals surface area contributed by atoms with E-state index in [0.29, 0.717) is 24.4 Å². The van der Waals surface area contributed by atoms with E-state index in [4.69, 9.17) is 0 Å². The Kier molecular flexibility index (Phi) is 5.50. The van der Waals surface area contributed by atoms with Crippen molar-refractivity contribution < 1.29 is 4.79 Å². The van der Waals surface area contributed by atoms with Gasteiger partial charge in [0.05, 0.1) is 12.2 Å². The molecule has 4 heteroatoms. The molecule has 2 heterocycles. The zero-order valence-electron chi connectivity index (χ0n) is 17.3. The van der Waals surface area contributed by atoms with E-state index in [9.17, 15) is 4.79 Å². The third kappa shape index (κ3) is 3.97. The number of carbonyl (C=O) groups is 1. The van der Waals surface area contributed by atoms with E-state index in [0.717, 1.165) is 44.5 Å². The van der Waals surface area contributed by atoms with E-state index in [-0.39, 0.29) is 5.92 Å². The highest BCUT2D eigenvalue weighted by atomic mass is 16.2. The van der Waals surface area contributed by atoms with E-state index in [1.807, 2.05) is 24.4 Å². The first-order valence-electron chi connectivity index (χ1n) is 11.2. The maximum Gasteiger partial charge on any atom is 0.226 e. The summed E-state index contributed by atoms with van der Waals surface area (Å²) in [7, 11) is 0. The molecule has 0 bridgehead atoms. The number of nitrogens with one attached hydrogen (secondary N) is 1. The van der Waals surface area contributed by atoms with Crippen LogP contribution in [-0.4, -0.2) is 34.9 Å². The number of benzene rings is 2. The fraction of sp³-hybridized carbons (Fsp3) is 0.385. The summed E-state index contributed by atoms with van der Waals surface area (Å²) in [5, 5.41) is 6.03. The molecule has 1 aliphatic heterocycles. The second-order valence-corrected chi connectivity index (χ2v) is 8.64. The van der Waals surface area contributed by atoms with Crippen molar-refractivity contribution in [2.45, 2.75) is 44.2 Å². The first-order chi connectivity index (χ1) is 14.8. The van der Waals surface area contributed by atoms with Gasteiger partial charge in [-0.15, -0.1) is 0 Å². The molecule has 30 heavy (non-hydrogen) atoms. The van der Waals surface area contributed by atoms with E-state index in [2.05, 4.69) is 57.7 Å². The summed E-state index contributed by atoms with van der Waals surface area (Å²) in [6.07, 6.45) is 5.98. The Morgan fingerprint density at radius 1 is 1.00 bits per heavy atom. The van der Waals surface area contributed by atoms with Crippen LogP contribution >= 0.6 is 0 Å². The number of hydrogen-bond acceptors (Lipinski definition) is 3. The Balaban J connectivity index is 1.39. The fourth-order valence-corrected chi connectivity index (χ4v) is 4.96. The lowest BCUT2D eigenvalue weighted by molar-refractivity contribution is -0.136. The molecule has 0 spiro atoms. The first-order valence-corrected chi connectivity index (χ1v) is 11.2. The van der Waals surface area contributed by atoms with Crippen molar-refractivity contribution in [2.75, 3.05) is 13.1 Å². The molecule has 2 fully saturated rings. The van der Waals surface area contributed by atoms with Crippen molar-refractivity contribution in [3.63, 3.8) is 0 Å². The average Bonchev–Trinajstić information content (AvgIpc) is 3.62. The molecule has 3 aromatic rings. The number of hydrogen-bond donors (Lipinski definition) is 1. The van der Waals surface area contributed by atoms with Crippen LogP contribution in [-0.2, 0) is 11.3 Å². The van der Waals surface area contributed by atoms with E-state index in [1.165, 1.54) is 16.3 Å². The quantitative estimate of drug-likeness (QED) is 0.687. The Labute approximate surface area is 178 Å². The average molecular weight is 400 g/mol. The second-order valence-electron chi connectivity index (χ2n) is 8.64. The minimum Gasteiger partial charge on any atom is -0.334 e. The SMILES string of the molecule is O=C(C1CC1c1cccc2ccccc12)N(Cc1ccccn1)C1CCCNCC1. The van der Waals surface area contributed by atoms with Gasteiger partial charge in [0.25, 0.3) is 0 Å². The van der Waals surface area contributed by atoms with E-state index < -0.39 is 0 Å². The molecule has 1 saturated heterocycles. The molecule has 3 atom stereocenters. The molecule has 1 aromatic heterocycles. The van der Waals surface area contributed by atoms with Gasteiger partial charge in [-0.25, -0.2) is 0 Å². The van der Waals surface area contributed by atoms with Gasteiger partial charge in [-0.3, -0.25) is 9.78 Å². The molecule has 4 nitrogen and oxygen atoms in total. The molecule has 154 valence electrons. The molecule has 1 saturated carbocycles. The molecule has 1 amide bonds. The lowest BCUT2D eigenvalue weighted by atomic mass is 9.99. The highest BCUT2D eigenvalue weighted by Crippen LogP contribution is 2.50. The minimum absolute atomic E-state index is 0.0933. The zero-order valence-corrected chi connectivity index (χ0v) is 17.3. The molecular formula is C26H29N3O. The second kappa shape index (κ2) is 8.57. The summed E-state index contributed by atoms with van der Waals surface area (Å²) in [5.41, 5.74) is 2.30. The van der Waals surface area contributed by atoms with Crippen molar-refractivity contribution in [3.8, 4) is 0 Å². The van der Waals surface area contributed by atoms with Gasteiger partial charge in [-0.05, 0) is 73.2 Å². The Morgan fingerprint density at radius 3 is 2.77 bits per heavy atom. The Bertz CT molecular complexity index is 1010. The number of amides is 1. The van der Waals surface area contributed by atoms with Crippen molar-refractivity contribution in [3.05, 3.63) is 78.1 Å². The number of nitrogens with zero attached hydrogens (tertiary/aromatic N) is 2. The van der Waals surface area contributed by atoms with Crippen molar-refractivity contribution in [1.82, 2.24) is 15.2 Å². The molecule has 2 aliphatic rings. The number of rotatable bonds is 5. The summed E-state index contributed by atoms with van der Waals surface area (Å²) < 4.78 is 0. The number of aromatic nitrogens is 1. The molecule has 3 unspecified atom stereocenters. The fourth-order valence-electron chi connectivity index (χ4n) is 4.96. The summed E-state index contributed by atoms with van der Waals surface area (Å²) in [6.45, 7) is 2.64. The van der Waals surface area contributed by atoms with Gasteiger partial charge in [0, 0.05) is 18.2 Å². The van der Waals surface area contributed by atoms with Crippen LogP contribution in [0.25, 0.3) is 10.8 Å². The Hall–Kier alpha value is -2.72. The van der Waals surface area contributed by atoms with Crippen LogP contribution < -0.4 is 5.32 Å². The van der Waals surface area contributed by atoms with Crippen LogP contribution in [0.1, 0.15) is 42.9 Å². The summed E-state index contributed by atoms with van der Waals surface area (Å²) in [5.74, 6) is 0.736. The lowest BCUT2D eigenvalue weighted by Gasteiger charge is -2.31. The van der Waals surface area contributed by atoms with Gasteiger partial charge in [0.2, 0.25) is 5.91 Å². The monoisotopic (exact) mass is 399 g/mol. The molecule has 1 N–H and O–H groups in total. The highest BCUT2D eigenvalue weighted by Gasteiger charge is 2.47. The van der Waals surface area contributed by atoms with Crippen LogP contribution in [0.5, 0.6) is 0 Å². The maximum atomic E-state index is 13.7. The minimum atomic E-state index is 0.0933. The number of pyridine rings is 1. The first kappa shape index (κ1) is 19.3. The van der Waals surface area contributed by atoms with Crippen molar-refractivity contribution >= 4 is 16.7 Å². The normalized spacial score (nSPS) is 23.7. The summed E-state index contributed by atoms with van der Waals surface area (Å²) >= 11 is 0. The van der Waals surface area contributed by atoms with E-state index >= 15 is 0 Å². The molecule has 0 radical (unpaired) electrons.